The molecule has 2 heterocycles. The van der Waals surface area contributed by atoms with Gasteiger partial charge in [-0.15, -0.1) is 0 Å². The summed E-state index contributed by atoms with van der Waals surface area (Å²) in [5, 5.41) is 2.67. The van der Waals surface area contributed by atoms with Gasteiger partial charge in [-0.2, -0.15) is 0 Å². The molecule has 0 aromatic heterocycles. The van der Waals surface area contributed by atoms with Gasteiger partial charge in [0.15, 0.2) is 5.54 Å². The number of nitrogens with one attached hydrogen (secondary N) is 1. The summed E-state index contributed by atoms with van der Waals surface area (Å²) in [7, 11) is 0. The topological polar surface area (TPSA) is 104 Å². The fourth-order valence-corrected chi connectivity index (χ4v) is 3.73. The van der Waals surface area contributed by atoms with Crippen molar-refractivity contribution in [3.63, 3.8) is 0 Å². The highest BCUT2D eigenvalue weighted by atomic mass is 16.2. The van der Waals surface area contributed by atoms with E-state index in [9.17, 15) is 24.0 Å². The second kappa shape index (κ2) is 6.97. The lowest BCUT2D eigenvalue weighted by molar-refractivity contribution is -0.132. The summed E-state index contributed by atoms with van der Waals surface area (Å²) in [6.07, 6.45) is 1.31. The van der Waals surface area contributed by atoms with Crippen LogP contribution in [0.5, 0.6) is 0 Å². The Labute approximate surface area is 166 Å². The first-order valence-corrected chi connectivity index (χ1v) is 8.98. The van der Waals surface area contributed by atoms with Gasteiger partial charge in [0.2, 0.25) is 0 Å². The molecule has 29 heavy (non-hydrogen) atoms. The number of nitrogens with zero attached hydrogens (tertiary/aromatic N) is 2. The van der Waals surface area contributed by atoms with Crippen molar-refractivity contribution in [1.29, 1.82) is 0 Å². The third-order valence-electron chi connectivity index (χ3n) is 5.31. The fraction of sp³-hybridized carbons (Fsp3) is 0.190. The lowest BCUT2D eigenvalue weighted by Gasteiger charge is -2.49. The van der Waals surface area contributed by atoms with E-state index < -0.39 is 5.54 Å². The van der Waals surface area contributed by atoms with Gasteiger partial charge in [-0.3, -0.25) is 24.0 Å². The van der Waals surface area contributed by atoms with Crippen LogP contribution in [0.2, 0.25) is 0 Å². The lowest BCUT2D eigenvalue weighted by atomic mass is 9.87. The Morgan fingerprint density at radius 3 is 2.00 bits per heavy atom. The van der Waals surface area contributed by atoms with Crippen molar-refractivity contribution in [2.24, 2.45) is 0 Å². The van der Waals surface area contributed by atoms with Crippen LogP contribution in [0.15, 0.2) is 48.5 Å². The summed E-state index contributed by atoms with van der Waals surface area (Å²) in [5.74, 6) is -1.01. The van der Waals surface area contributed by atoms with Crippen LogP contribution in [0.4, 0.5) is 0 Å². The maximum atomic E-state index is 13.0. The molecule has 8 nitrogen and oxygen atoms in total. The fourth-order valence-electron chi connectivity index (χ4n) is 3.73. The van der Waals surface area contributed by atoms with Crippen LogP contribution in [0.3, 0.4) is 0 Å². The van der Waals surface area contributed by atoms with E-state index in [1.54, 1.807) is 36.4 Å². The molecule has 2 aromatic carbocycles. The molecule has 8 heteroatoms. The van der Waals surface area contributed by atoms with Crippen molar-refractivity contribution in [3.8, 4) is 0 Å². The van der Waals surface area contributed by atoms with Crippen molar-refractivity contribution >= 4 is 30.3 Å². The maximum absolute atomic E-state index is 13.0. The first-order valence-electron chi connectivity index (χ1n) is 8.98. The van der Waals surface area contributed by atoms with Crippen molar-refractivity contribution in [3.05, 3.63) is 70.8 Å². The van der Waals surface area contributed by atoms with Crippen LogP contribution >= 0.6 is 0 Å². The first-order chi connectivity index (χ1) is 14.0. The third-order valence-corrected chi connectivity index (χ3v) is 5.31. The van der Waals surface area contributed by atoms with Crippen LogP contribution < -0.4 is 5.32 Å². The number of carbonyl (C=O) groups is 5. The second-order valence-corrected chi connectivity index (χ2v) is 7.08. The predicted octanol–water partition coefficient (Wildman–Crippen LogP) is 0.736. The highest BCUT2D eigenvalue weighted by Gasteiger charge is 2.60. The number of amides is 3. The van der Waals surface area contributed by atoms with Gasteiger partial charge in [0.1, 0.15) is 12.6 Å². The first kappa shape index (κ1) is 18.5. The van der Waals surface area contributed by atoms with E-state index >= 15 is 0 Å². The Morgan fingerprint density at radius 2 is 1.45 bits per heavy atom. The maximum Gasteiger partial charge on any atom is 0.256 e. The van der Waals surface area contributed by atoms with Gasteiger partial charge in [0.25, 0.3) is 17.7 Å². The Morgan fingerprint density at radius 1 is 0.897 bits per heavy atom. The Kier molecular flexibility index (Phi) is 4.46. The molecule has 2 fully saturated rings. The van der Waals surface area contributed by atoms with E-state index in [0.29, 0.717) is 34.8 Å². The van der Waals surface area contributed by atoms with Crippen molar-refractivity contribution in [2.45, 2.75) is 5.54 Å². The number of aldehydes is 2. The zero-order valence-corrected chi connectivity index (χ0v) is 15.3. The molecule has 0 bridgehead atoms. The number of rotatable bonds is 4. The minimum absolute atomic E-state index is 0.0334. The standard InChI is InChI=1S/C21H17N3O5/c25-9-14-3-1-5-16(7-14)18(27)23-11-21(12-23)20(29)22-13-24(21)19(28)17-6-2-4-15(8-17)10-26/h1-10H,11-13H2,(H,22,29). The molecule has 2 aliphatic heterocycles. The Bertz CT molecular complexity index is 1040. The van der Waals surface area contributed by atoms with E-state index in [4.69, 9.17) is 0 Å². The van der Waals surface area contributed by atoms with Gasteiger partial charge in [-0.25, -0.2) is 0 Å². The molecule has 2 aromatic rings. The number of benzene rings is 2. The van der Waals surface area contributed by atoms with E-state index in [-0.39, 0.29) is 37.5 Å². The highest BCUT2D eigenvalue weighted by molar-refractivity contribution is 6.05. The van der Waals surface area contributed by atoms with Crippen LogP contribution in [0.1, 0.15) is 41.4 Å². The molecule has 0 radical (unpaired) electrons. The van der Waals surface area contributed by atoms with Gasteiger partial charge in [0, 0.05) is 22.3 Å². The molecule has 2 aliphatic rings. The van der Waals surface area contributed by atoms with Crippen molar-refractivity contribution in [1.82, 2.24) is 15.1 Å². The van der Waals surface area contributed by atoms with Gasteiger partial charge in [0.05, 0.1) is 19.8 Å². The number of carbonyl (C=O) groups excluding carboxylic acids is 5. The van der Waals surface area contributed by atoms with Crippen LogP contribution in [0.25, 0.3) is 0 Å². The van der Waals surface area contributed by atoms with Crippen LogP contribution in [-0.4, -0.2) is 65.4 Å². The monoisotopic (exact) mass is 391 g/mol. The quantitative estimate of drug-likeness (QED) is 0.774. The Hall–Kier alpha value is -3.81. The number of likely N-dealkylation sites (tertiary alicyclic amines) is 1. The summed E-state index contributed by atoms with van der Waals surface area (Å²) >= 11 is 0. The molecule has 0 saturated carbocycles. The zero-order valence-electron chi connectivity index (χ0n) is 15.3. The smallest absolute Gasteiger partial charge is 0.256 e. The van der Waals surface area contributed by atoms with Crippen molar-refractivity contribution in [2.75, 3.05) is 19.8 Å². The molecular weight excluding hydrogens is 374 g/mol. The minimum Gasteiger partial charge on any atom is -0.336 e. The lowest BCUT2D eigenvalue weighted by Crippen LogP contribution is -2.73. The van der Waals surface area contributed by atoms with Gasteiger partial charge in [-0.1, -0.05) is 24.3 Å². The SMILES string of the molecule is O=Cc1cccc(C(=O)N2CC3(C2)C(=O)NCN3C(=O)c2cccc(C=O)c2)c1. The molecule has 4 rings (SSSR count). The van der Waals surface area contributed by atoms with E-state index in [1.165, 1.54) is 21.9 Å². The second-order valence-electron chi connectivity index (χ2n) is 7.08. The summed E-state index contributed by atoms with van der Waals surface area (Å²) in [5.41, 5.74) is 0.264. The average molecular weight is 391 g/mol. The normalized spacial score (nSPS) is 16.9. The van der Waals surface area contributed by atoms with Gasteiger partial charge < -0.3 is 15.1 Å². The van der Waals surface area contributed by atoms with Gasteiger partial charge >= 0.3 is 0 Å². The molecular formula is C21H17N3O5. The molecule has 2 saturated heterocycles. The third kappa shape index (κ3) is 2.98. The molecule has 0 aliphatic carbocycles. The summed E-state index contributed by atoms with van der Waals surface area (Å²) in [4.78, 5) is 63.0. The molecule has 0 unspecified atom stereocenters. The minimum atomic E-state index is -1.13. The summed E-state index contributed by atoms with van der Waals surface area (Å²) in [6, 6.07) is 12.5. The molecule has 146 valence electrons. The largest absolute Gasteiger partial charge is 0.336 e. The van der Waals surface area contributed by atoms with Crippen LogP contribution in [-0.2, 0) is 4.79 Å². The Balaban J connectivity index is 1.55. The number of hydrogen-bond donors (Lipinski definition) is 1. The molecule has 3 amide bonds. The molecule has 1 N–H and O–H groups in total. The van der Waals surface area contributed by atoms with E-state index in [0.717, 1.165) is 0 Å². The van der Waals surface area contributed by atoms with Crippen molar-refractivity contribution < 1.29 is 24.0 Å². The van der Waals surface area contributed by atoms with E-state index in [2.05, 4.69) is 5.32 Å². The predicted molar refractivity (Wildman–Crippen MR) is 101 cm³/mol. The zero-order chi connectivity index (χ0) is 20.6. The average Bonchev–Trinajstić information content (AvgIpc) is 3.08. The number of hydrogen-bond acceptors (Lipinski definition) is 5. The summed E-state index contributed by atoms with van der Waals surface area (Å²) < 4.78 is 0. The van der Waals surface area contributed by atoms with E-state index in [1.807, 2.05) is 0 Å². The highest BCUT2D eigenvalue weighted by Crippen LogP contribution is 2.33. The molecule has 0 atom stereocenters. The summed E-state index contributed by atoms with van der Waals surface area (Å²) in [6.45, 7) is 0.149. The van der Waals surface area contributed by atoms with Crippen LogP contribution in [0, 0.1) is 0 Å². The molecule has 1 spiro atoms. The van der Waals surface area contributed by atoms with Gasteiger partial charge in [-0.05, 0) is 24.3 Å².